The smallest absolute Gasteiger partial charge is 0.0798 e. The van der Waals surface area contributed by atoms with Crippen molar-refractivity contribution < 1.29 is 0 Å². The molecule has 1 unspecified atom stereocenters. The van der Waals surface area contributed by atoms with Crippen LogP contribution < -0.4 is 5.32 Å². The van der Waals surface area contributed by atoms with Gasteiger partial charge in [0.05, 0.1) is 16.7 Å². The number of aryl methyl sites for hydroxylation is 1. The zero-order valence-electron chi connectivity index (χ0n) is 12.1. The number of benzene rings is 1. The number of rotatable bonds is 3. The summed E-state index contributed by atoms with van der Waals surface area (Å²) in [5.41, 5.74) is 4.53. The summed E-state index contributed by atoms with van der Waals surface area (Å²) in [6.45, 7) is 8.58. The number of hydrogen-bond acceptors (Lipinski definition) is 4. The van der Waals surface area contributed by atoms with Gasteiger partial charge in [-0.15, -0.1) is 11.3 Å². The van der Waals surface area contributed by atoms with Crippen molar-refractivity contribution in [2.75, 3.05) is 19.6 Å². The van der Waals surface area contributed by atoms with Gasteiger partial charge >= 0.3 is 0 Å². The quantitative estimate of drug-likeness (QED) is 0.941. The van der Waals surface area contributed by atoms with Gasteiger partial charge in [0.15, 0.2) is 0 Å². The van der Waals surface area contributed by atoms with Gasteiger partial charge in [-0.05, 0) is 19.4 Å². The van der Waals surface area contributed by atoms with E-state index in [0.717, 1.165) is 26.2 Å². The maximum atomic E-state index is 4.35. The van der Waals surface area contributed by atoms with Gasteiger partial charge in [-0.3, -0.25) is 4.90 Å². The maximum Gasteiger partial charge on any atom is 0.0798 e. The van der Waals surface area contributed by atoms with E-state index in [4.69, 9.17) is 0 Å². The molecule has 20 heavy (non-hydrogen) atoms. The van der Waals surface area contributed by atoms with Gasteiger partial charge in [0.25, 0.3) is 0 Å². The minimum Gasteiger partial charge on any atom is -0.305 e. The van der Waals surface area contributed by atoms with Crippen LogP contribution in [0.25, 0.3) is 0 Å². The molecular formula is C16H21N3S. The summed E-state index contributed by atoms with van der Waals surface area (Å²) < 4.78 is 0. The summed E-state index contributed by atoms with van der Waals surface area (Å²) in [6, 6.07) is 10.8. The SMILES string of the molecule is Cc1ncsc1CN1CCNC(C)(c2ccccc2)C1. The van der Waals surface area contributed by atoms with Crippen molar-refractivity contribution in [3.8, 4) is 0 Å². The highest BCUT2D eigenvalue weighted by Crippen LogP contribution is 2.26. The number of thiazole rings is 1. The normalized spacial score (nSPS) is 23.9. The van der Waals surface area contributed by atoms with Crippen LogP contribution in [-0.4, -0.2) is 29.5 Å². The summed E-state index contributed by atoms with van der Waals surface area (Å²) >= 11 is 1.77. The van der Waals surface area contributed by atoms with Gasteiger partial charge in [0.2, 0.25) is 0 Å². The standard InChI is InChI=1S/C16H21N3S/c1-13-15(20-12-17-13)10-19-9-8-18-16(2,11-19)14-6-4-3-5-7-14/h3-7,12,18H,8-11H2,1-2H3. The molecule has 0 saturated carbocycles. The Labute approximate surface area is 124 Å². The Kier molecular flexibility index (Phi) is 3.87. The second-order valence-electron chi connectivity index (χ2n) is 5.70. The first-order valence-corrected chi connectivity index (χ1v) is 7.97. The third-order valence-electron chi connectivity index (χ3n) is 4.11. The molecule has 1 aromatic heterocycles. The minimum absolute atomic E-state index is 0.0398. The number of aromatic nitrogens is 1. The maximum absolute atomic E-state index is 4.35. The zero-order chi connectivity index (χ0) is 14.0. The molecule has 0 amide bonds. The molecule has 0 bridgehead atoms. The summed E-state index contributed by atoms with van der Waals surface area (Å²) in [4.78, 5) is 8.28. The Morgan fingerprint density at radius 2 is 2.15 bits per heavy atom. The fourth-order valence-electron chi connectivity index (χ4n) is 2.89. The first-order chi connectivity index (χ1) is 9.67. The van der Waals surface area contributed by atoms with Gasteiger partial charge in [-0.25, -0.2) is 4.98 Å². The van der Waals surface area contributed by atoms with Crippen molar-refractivity contribution in [3.63, 3.8) is 0 Å². The molecule has 3 nitrogen and oxygen atoms in total. The highest BCUT2D eigenvalue weighted by atomic mass is 32.1. The van der Waals surface area contributed by atoms with Crippen LogP contribution in [0.2, 0.25) is 0 Å². The Hall–Kier alpha value is -1.23. The Morgan fingerprint density at radius 3 is 2.85 bits per heavy atom. The van der Waals surface area contributed by atoms with Gasteiger partial charge in [0.1, 0.15) is 0 Å². The largest absolute Gasteiger partial charge is 0.305 e. The van der Waals surface area contributed by atoms with Gasteiger partial charge < -0.3 is 5.32 Å². The molecule has 1 aliphatic rings. The highest BCUT2D eigenvalue weighted by Gasteiger charge is 2.32. The number of hydrogen-bond donors (Lipinski definition) is 1. The van der Waals surface area contributed by atoms with E-state index in [1.165, 1.54) is 16.1 Å². The fraction of sp³-hybridized carbons (Fsp3) is 0.438. The van der Waals surface area contributed by atoms with Crippen LogP contribution in [0, 0.1) is 6.92 Å². The van der Waals surface area contributed by atoms with Crippen LogP contribution in [0.15, 0.2) is 35.8 Å². The summed E-state index contributed by atoms with van der Waals surface area (Å²) in [6.07, 6.45) is 0. The van der Waals surface area contributed by atoms with E-state index in [2.05, 4.69) is 59.4 Å². The van der Waals surface area contributed by atoms with Gasteiger partial charge in [-0.2, -0.15) is 0 Å². The predicted octanol–water partition coefficient (Wildman–Crippen LogP) is 2.77. The first-order valence-electron chi connectivity index (χ1n) is 7.09. The molecule has 0 spiro atoms. The predicted molar refractivity (Wildman–Crippen MR) is 83.9 cm³/mol. The summed E-state index contributed by atoms with van der Waals surface area (Å²) in [7, 11) is 0. The molecule has 4 heteroatoms. The van der Waals surface area contributed by atoms with E-state index in [1.54, 1.807) is 11.3 Å². The summed E-state index contributed by atoms with van der Waals surface area (Å²) in [5, 5.41) is 3.68. The lowest BCUT2D eigenvalue weighted by Gasteiger charge is -2.41. The number of piperazine rings is 1. The van der Waals surface area contributed by atoms with E-state index in [9.17, 15) is 0 Å². The van der Waals surface area contributed by atoms with Crippen molar-refractivity contribution in [2.24, 2.45) is 0 Å². The van der Waals surface area contributed by atoms with Crippen molar-refractivity contribution in [2.45, 2.75) is 25.9 Å². The van der Waals surface area contributed by atoms with Crippen molar-refractivity contribution in [3.05, 3.63) is 52.0 Å². The molecule has 1 fully saturated rings. The third kappa shape index (κ3) is 2.77. The molecule has 0 aliphatic carbocycles. The minimum atomic E-state index is 0.0398. The van der Waals surface area contributed by atoms with Crippen LogP contribution in [0.1, 0.15) is 23.1 Å². The molecule has 1 atom stereocenters. The lowest BCUT2D eigenvalue weighted by atomic mass is 9.89. The molecule has 2 heterocycles. The van der Waals surface area contributed by atoms with E-state index >= 15 is 0 Å². The van der Waals surface area contributed by atoms with Crippen LogP contribution in [-0.2, 0) is 12.1 Å². The van der Waals surface area contributed by atoms with E-state index < -0.39 is 0 Å². The monoisotopic (exact) mass is 287 g/mol. The molecule has 2 aromatic rings. The molecule has 1 aromatic carbocycles. The number of nitrogens with one attached hydrogen (secondary N) is 1. The molecule has 1 N–H and O–H groups in total. The van der Waals surface area contributed by atoms with Gasteiger partial charge in [0, 0.05) is 31.1 Å². The molecule has 3 rings (SSSR count). The first kappa shape index (κ1) is 13.7. The van der Waals surface area contributed by atoms with Crippen molar-refractivity contribution in [1.29, 1.82) is 0 Å². The van der Waals surface area contributed by atoms with Gasteiger partial charge in [-0.1, -0.05) is 30.3 Å². The molecule has 106 valence electrons. The fourth-order valence-corrected chi connectivity index (χ4v) is 3.71. The Bertz CT molecular complexity index is 566. The Morgan fingerprint density at radius 1 is 1.35 bits per heavy atom. The molecule has 1 saturated heterocycles. The lowest BCUT2D eigenvalue weighted by Crippen LogP contribution is -2.56. The van der Waals surface area contributed by atoms with Crippen molar-refractivity contribution >= 4 is 11.3 Å². The van der Waals surface area contributed by atoms with Crippen LogP contribution in [0.5, 0.6) is 0 Å². The summed E-state index contributed by atoms with van der Waals surface area (Å²) in [5.74, 6) is 0. The second kappa shape index (κ2) is 5.64. The third-order valence-corrected chi connectivity index (χ3v) is 5.03. The van der Waals surface area contributed by atoms with Crippen LogP contribution in [0.3, 0.4) is 0 Å². The second-order valence-corrected chi connectivity index (χ2v) is 6.64. The highest BCUT2D eigenvalue weighted by molar-refractivity contribution is 7.09. The Balaban J connectivity index is 1.75. The van der Waals surface area contributed by atoms with Crippen LogP contribution >= 0.6 is 11.3 Å². The topological polar surface area (TPSA) is 28.2 Å². The van der Waals surface area contributed by atoms with E-state index in [1.807, 2.05) is 5.51 Å². The average molecular weight is 287 g/mol. The average Bonchev–Trinajstić information content (AvgIpc) is 2.85. The molecule has 1 aliphatic heterocycles. The zero-order valence-corrected chi connectivity index (χ0v) is 12.9. The van der Waals surface area contributed by atoms with E-state index in [-0.39, 0.29) is 5.54 Å². The van der Waals surface area contributed by atoms with E-state index in [0.29, 0.717) is 0 Å². The van der Waals surface area contributed by atoms with Crippen molar-refractivity contribution in [1.82, 2.24) is 15.2 Å². The number of nitrogens with zero attached hydrogens (tertiary/aromatic N) is 2. The lowest BCUT2D eigenvalue weighted by molar-refractivity contribution is 0.137. The van der Waals surface area contributed by atoms with Crippen LogP contribution in [0.4, 0.5) is 0 Å². The molecule has 0 radical (unpaired) electrons. The molecular weight excluding hydrogens is 266 g/mol.